The number of likely N-dealkylation sites (N-methyl/N-ethyl adjacent to an activating group) is 1. The molecule has 2 fully saturated rings. The number of piperazine rings is 1. The van der Waals surface area contributed by atoms with E-state index < -0.39 is 12.2 Å². The van der Waals surface area contributed by atoms with Gasteiger partial charge in [-0.1, -0.05) is 49.6 Å². The number of aliphatic imine (C=N–C) groups is 1. The van der Waals surface area contributed by atoms with Gasteiger partial charge in [0.15, 0.2) is 18.2 Å². The van der Waals surface area contributed by atoms with E-state index in [0.717, 1.165) is 44.2 Å². The summed E-state index contributed by atoms with van der Waals surface area (Å²) in [5, 5.41) is 2.49. The average Bonchev–Trinajstić information content (AvgIpc) is 3.14. The molecule has 2 unspecified atom stereocenters. The summed E-state index contributed by atoms with van der Waals surface area (Å²) in [6, 6.07) is 7.49. The summed E-state index contributed by atoms with van der Waals surface area (Å²) in [6.45, 7) is 9.80. The second-order valence-corrected chi connectivity index (χ2v) is 8.84. The molecule has 8 nitrogen and oxygen atoms in total. The number of nitrogens with one attached hydrogen (secondary N) is 1. The quantitative estimate of drug-likeness (QED) is 0.703. The zero-order valence-corrected chi connectivity index (χ0v) is 18.9. The van der Waals surface area contributed by atoms with E-state index in [0.29, 0.717) is 6.54 Å². The Hall–Kier alpha value is -2.61. The third-order valence-electron chi connectivity index (χ3n) is 6.55. The number of guanidine groups is 1. The fourth-order valence-electron chi connectivity index (χ4n) is 4.59. The molecular weight excluding hydrogens is 392 g/mol. The molecule has 2 atom stereocenters. The van der Waals surface area contributed by atoms with Crippen LogP contribution in [0.3, 0.4) is 0 Å². The standard InChI is InChI=1S/C23H34N6O2/c1-4-5-6-11-27-12-14-28(15-13-27)22-24-20-19(21(30)25-23(31)26(20)3)29(22)16-18-9-7-17(2)8-10-18/h7-10,19-20H,4-6,11-16H2,1-3H3,(H,25,30,31). The zero-order valence-electron chi connectivity index (χ0n) is 18.9. The molecule has 0 aliphatic carbocycles. The van der Waals surface area contributed by atoms with Crippen molar-refractivity contribution in [1.82, 2.24) is 24.9 Å². The predicted molar refractivity (Wildman–Crippen MR) is 121 cm³/mol. The highest BCUT2D eigenvalue weighted by Crippen LogP contribution is 2.27. The number of nitrogens with zero attached hydrogens (tertiary/aromatic N) is 5. The number of fused-ring (bicyclic) bond motifs is 1. The van der Waals surface area contributed by atoms with Gasteiger partial charge in [-0.25, -0.2) is 9.79 Å². The van der Waals surface area contributed by atoms with Crippen molar-refractivity contribution in [1.29, 1.82) is 0 Å². The zero-order chi connectivity index (χ0) is 22.0. The Balaban J connectivity index is 1.52. The van der Waals surface area contributed by atoms with Crippen LogP contribution >= 0.6 is 0 Å². The van der Waals surface area contributed by atoms with Crippen molar-refractivity contribution in [2.24, 2.45) is 4.99 Å². The molecular formula is C23H34N6O2. The van der Waals surface area contributed by atoms with Gasteiger partial charge in [-0.2, -0.15) is 0 Å². The van der Waals surface area contributed by atoms with Crippen molar-refractivity contribution >= 4 is 17.9 Å². The van der Waals surface area contributed by atoms with Crippen LogP contribution in [0.1, 0.15) is 37.3 Å². The van der Waals surface area contributed by atoms with Crippen LogP contribution < -0.4 is 5.32 Å². The molecule has 0 aromatic heterocycles. The molecule has 3 aliphatic heterocycles. The van der Waals surface area contributed by atoms with Gasteiger partial charge in [-0.3, -0.25) is 15.0 Å². The minimum absolute atomic E-state index is 0.267. The Morgan fingerprint density at radius 1 is 1.06 bits per heavy atom. The van der Waals surface area contributed by atoms with Gasteiger partial charge in [0.1, 0.15) is 0 Å². The van der Waals surface area contributed by atoms with Crippen molar-refractivity contribution in [3.05, 3.63) is 35.4 Å². The Labute approximate surface area is 184 Å². The van der Waals surface area contributed by atoms with Crippen LogP contribution in [0.4, 0.5) is 4.79 Å². The maximum absolute atomic E-state index is 12.8. The molecule has 8 heteroatoms. The van der Waals surface area contributed by atoms with Crippen LogP contribution in [0, 0.1) is 6.92 Å². The summed E-state index contributed by atoms with van der Waals surface area (Å²) in [7, 11) is 1.71. The van der Waals surface area contributed by atoms with E-state index in [1.807, 2.05) is 0 Å². The van der Waals surface area contributed by atoms with Crippen LogP contribution in [-0.4, -0.2) is 89.5 Å². The Kier molecular flexibility index (Phi) is 6.46. The summed E-state index contributed by atoms with van der Waals surface area (Å²) in [6.07, 6.45) is 3.27. The van der Waals surface area contributed by atoms with Crippen molar-refractivity contribution in [2.75, 3.05) is 39.8 Å². The SMILES string of the molecule is CCCCCN1CCN(C2=NC3C(C(=O)NC(=O)N3C)N2Cc2ccc(C)cc2)CC1. The third-order valence-corrected chi connectivity index (χ3v) is 6.55. The fraction of sp³-hybridized carbons (Fsp3) is 0.609. The van der Waals surface area contributed by atoms with Crippen molar-refractivity contribution in [2.45, 2.75) is 51.9 Å². The van der Waals surface area contributed by atoms with Gasteiger partial charge in [-0.15, -0.1) is 0 Å². The molecule has 0 bridgehead atoms. The second kappa shape index (κ2) is 9.26. The van der Waals surface area contributed by atoms with Gasteiger partial charge >= 0.3 is 6.03 Å². The maximum Gasteiger partial charge on any atom is 0.325 e. The highest BCUT2D eigenvalue weighted by molar-refractivity contribution is 6.03. The van der Waals surface area contributed by atoms with Gasteiger partial charge in [-0.05, 0) is 25.5 Å². The minimum Gasteiger partial charge on any atom is -0.340 e. The lowest BCUT2D eigenvalue weighted by molar-refractivity contribution is -0.127. The first-order valence-electron chi connectivity index (χ1n) is 11.4. The lowest BCUT2D eigenvalue weighted by Crippen LogP contribution is -2.64. The Morgan fingerprint density at radius 2 is 1.77 bits per heavy atom. The maximum atomic E-state index is 12.8. The molecule has 3 aliphatic rings. The van der Waals surface area contributed by atoms with Crippen molar-refractivity contribution in [3.63, 3.8) is 0 Å². The molecule has 0 spiro atoms. The minimum atomic E-state index is -0.499. The van der Waals surface area contributed by atoms with Gasteiger partial charge in [0.2, 0.25) is 0 Å². The van der Waals surface area contributed by atoms with E-state index in [2.05, 4.69) is 58.1 Å². The lowest BCUT2D eigenvalue weighted by atomic mass is 10.1. The smallest absolute Gasteiger partial charge is 0.325 e. The first kappa shape index (κ1) is 21.6. The highest BCUT2D eigenvalue weighted by atomic mass is 16.2. The number of unbranched alkanes of at least 4 members (excludes halogenated alkanes) is 2. The van der Waals surface area contributed by atoms with E-state index in [-0.39, 0.29) is 11.9 Å². The van der Waals surface area contributed by atoms with Gasteiger partial charge in [0, 0.05) is 39.8 Å². The van der Waals surface area contributed by atoms with Crippen molar-refractivity contribution < 1.29 is 9.59 Å². The monoisotopic (exact) mass is 426 g/mol. The third kappa shape index (κ3) is 4.54. The molecule has 1 aromatic carbocycles. The molecule has 3 heterocycles. The summed E-state index contributed by atoms with van der Waals surface area (Å²) < 4.78 is 0. The molecule has 1 N–H and O–H groups in total. The number of urea groups is 1. The van der Waals surface area contributed by atoms with Crippen LogP contribution in [0.15, 0.2) is 29.3 Å². The number of aryl methyl sites for hydroxylation is 1. The van der Waals surface area contributed by atoms with Gasteiger partial charge < -0.3 is 14.7 Å². The van der Waals surface area contributed by atoms with Gasteiger partial charge in [0.25, 0.3) is 5.91 Å². The van der Waals surface area contributed by atoms with E-state index in [1.54, 1.807) is 11.9 Å². The molecule has 0 radical (unpaired) electrons. The van der Waals surface area contributed by atoms with E-state index in [9.17, 15) is 9.59 Å². The Bertz CT molecular complexity index is 831. The number of carbonyl (C=O) groups is 2. The van der Waals surface area contributed by atoms with Crippen LogP contribution in [0.25, 0.3) is 0 Å². The number of imide groups is 1. The number of benzene rings is 1. The predicted octanol–water partition coefficient (Wildman–Crippen LogP) is 1.85. The fourth-order valence-corrected chi connectivity index (χ4v) is 4.59. The van der Waals surface area contributed by atoms with Crippen LogP contribution in [0.2, 0.25) is 0 Å². The largest absolute Gasteiger partial charge is 0.340 e. The topological polar surface area (TPSA) is 71.5 Å². The van der Waals surface area contributed by atoms with Crippen LogP contribution in [0.5, 0.6) is 0 Å². The van der Waals surface area contributed by atoms with Crippen LogP contribution in [-0.2, 0) is 11.3 Å². The summed E-state index contributed by atoms with van der Waals surface area (Å²) >= 11 is 0. The molecule has 3 amide bonds. The van der Waals surface area contributed by atoms with E-state index in [4.69, 9.17) is 4.99 Å². The summed E-state index contributed by atoms with van der Waals surface area (Å²) in [5.74, 6) is 0.567. The second-order valence-electron chi connectivity index (χ2n) is 8.84. The number of rotatable bonds is 6. The Morgan fingerprint density at radius 3 is 2.45 bits per heavy atom. The number of hydrogen-bond donors (Lipinski definition) is 1. The molecule has 4 rings (SSSR count). The summed E-state index contributed by atoms with van der Waals surface area (Å²) in [5.41, 5.74) is 2.33. The highest BCUT2D eigenvalue weighted by Gasteiger charge is 2.49. The average molecular weight is 427 g/mol. The lowest BCUT2D eigenvalue weighted by Gasteiger charge is -2.40. The molecule has 1 aromatic rings. The molecule has 0 saturated carbocycles. The molecule has 2 saturated heterocycles. The first-order valence-corrected chi connectivity index (χ1v) is 11.4. The number of amides is 3. The molecule has 31 heavy (non-hydrogen) atoms. The van der Waals surface area contributed by atoms with E-state index >= 15 is 0 Å². The molecule has 168 valence electrons. The number of carbonyl (C=O) groups excluding carboxylic acids is 2. The number of hydrogen-bond acceptors (Lipinski definition) is 6. The van der Waals surface area contributed by atoms with E-state index in [1.165, 1.54) is 24.8 Å². The normalized spacial score (nSPS) is 24.4. The summed E-state index contributed by atoms with van der Waals surface area (Å²) in [4.78, 5) is 38.3. The van der Waals surface area contributed by atoms with Crippen molar-refractivity contribution in [3.8, 4) is 0 Å². The first-order chi connectivity index (χ1) is 15.0. The van der Waals surface area contributed by atoms with Gasteiger partial charge in [0.05, 0.1) is 0 Å².